The second-order valence-electron chi connectivity index (χ2n) is 5.73. The maximum absolute atomic E-state index is 6.19. The molecule has 0 bridgehead atoms. The van der Waals surface area contributed by atoms with Gasteiger partial charge in [-0.3, -0.25) is 0 Å². The zero-order valence-corrected chi connectivity index (χ0v) is 13.7. The molecule has 8 heteroatoms. The molecule has 0 aromatic carbocycles. The summed E-state index contributed by atoms with van der Waals surface area (Å²) >= 11 is 0. The van der Waals surface area contributed by atoms with Gasteiger partial charge in [0, 0.05) is 0 Å². The van der Waals surface area contributed by atoms with E-state index in [0.717, 1.165) is 25.3 Å². The molecule has 2 heterocycles. The lowest BCUT2D eigenvalue weighted by molar-refractivity contribution is -0.0803. The first kappa shape index (κ1) is 17.4. The molecule has 0 saturated carbocycles. The molecule has 0 unspecified atom stereocenters. The van der Waals surface area contributed by atoms with Crippen molar-refractivity contribution in [2.75, 3.05) is 13.2 Å². The van der Waals surface area contributed by atoms with E-state index in [9.17, 15) is 0 Å². The molecule has 2 rings (SSSR count). The normalized spacial score (nSPS) is 30.0. The Morgan fingerprint density at radius 1 is 0.952 bits per heavy atom. The van der Waals surface area contributed by atoms with Gasteiger partial charge in [-0.15, -0.1) is 0 Å². The minimum Gasteiger partial charge on any atom is -0.428 e. The van der Waals surface area contributed by atoms with Crippen molar-refractivity contribution in [2.45, 2.75) is 71.3 Å². The summed E-state index contributed by atoms with van der Waals surface area (Å²) in [6.07, 6.45) is 3.43. The minimum absolute atomic E-state index is 0.0627. The molecule has 3 atom stereocenters. The van der Waals surface area contributed by atoms with Crippen LogP contribution in [0.4, 0.5) is 0 Å². The molecule has 0 radical (unpaired) electrons. The summed E-state index contributed by atoms with van der Waals surface area (Å²) in [6.45, 7) is 9.79. The molecule has 0 N–H and O–H groups in total. The van der Waals surface area contributed by atoms with E-state index < -0.39 is 0 Å². The van der Waals surface area contributed by atoms with E-state index in [1.54, 1.807) is 0 Å². The van der Waals surface area contributed by atoms with Crippen LogP contribution in [0.25, 0.3) is 0 Å². The van der Waals surface area contributed by atoms with Crippen molar-refractivity contribution in [2.24, 2.45) is 0 Å². The largest absolute Gasteiger partial charge is 0.457 e. The van der Waals surface area contributed by atoms with Gasteiger partial charge in [-0.1, -0.05) is 40.3 Å². The van der Waals surface area contributed by atoms with Crippen molar-refractivity contribution in [3.8, 4) is 0 Å². The minimum atomic E-state index is -0.166. The van der Waals surface area contributed by atoms with Gasteiger partial charge in [0.25, 0.3) is 6.92 Å². The standard InChI is InChI=1S/C13H27B3O5/c1-5-14(6-2)19-11-9-18-16(8-4)21-13(11)12-10-17-15(7-3)20-12/h11-13H,5-10H2,1-4H3/t11-,12+,13+/m0/s1. The molecule has 5 nitrogen and oxygen atoms in total. The van der Waals surface area contributed by atoms with Gasteiger partial charge in [-0.05, 0) is 12.6 Å². The second-order valence-corrected chi connectivity index (χ2v) is 5.73. The summed E-state index contributed by atoms with van der Waals surface area (Å²) in [6, 6.07) is 0. The van der Waals surface area contributed by atoms with Gasteiger partial charge in [0.15, 0.2) is 0 Å². The van der Waals surface area contributed by atoms with Crippen LogP contribution in [0.1, 0.15) is 27.7 Å². The van der Waals surface area contributed by atoms with E-state index in [4.69, 9.17) is 23.3 Å². The Balaban J connectivity index is 1.99. The van der Waals surface area contributed by atoms with Crippen LogP contribution < -0.4 is 0 Å². The van der Waals surface area contributed by atoms with Crippen LogP contribution in [0, 0.1) is 0 Å². The smallest absolute Gasteiger partial charge is 0.428 e. The average molecular weight is 296 g/mol. The van der Waals surface area contributed by atoms with Crippen molar-refractivity contribution >= 4 is 21.2 Å². The predicted octanol–water partition coefficient (Wildman–Crippen LogP) is 2.25. The van der Waals surface area contributed by atoms with Crippen LogP contribution >= 0.6 is 0 Å². The van der Waals surface area contributed by atoms with Gasteiger partial charge in [-0.25, -0.2) is 0 Å². The first-order chi connectivity index (χ1) is 10.2. The molecule has 0 aliphatic carbocycles. The molecule has 2 saturated heterocycles. The zero-order chi connectivity index (χ0) is 15.2. The van der Waals surface area contributed by atoms with Crippen LogP contribution in [0.5, 0.6) is 0 Å². The van der Waals surface area contributed by atoms with E-state index in [-0.39, 0.29) is 39.5 Å². The third-order valence-electron chi connectivity index (χ3n) is 4.21. The summed E-state index contributed by atoms with van der Waals surface area (Å²) in [5.41, 5.74) is 0. The highest BCUT2D eigenvalue weighted by atomic mass is 16.7. The van der Waals surface area contributed by atoms with Gasteiger partial charge >= 0.3 is 14.2 Å². The molecule has 21 heavy (non-hydrogen) atoms. The lowest BCUT2D eigenvalue weighted by Crippen LogP contribution is -2.54. The quantitative estimate of drug-likeness (QED) is 0.674. The Labute approximate surface area is 129 Å². The topological polar surface area (TPSA) is 46.2 Å². The van der Waals surface area contributed by atoms with Crippen LogP contribution in [0.2, 0.25) is 25.3 Å². The molecule has 0 aromatic rings. The first-order valence-electron chi connectivity index (χ1n) is 8.41. The van der Waals surface area contributed by atoms with Gasteiger partial charge in [0.2, 0.25) is 0 Å². The molecule has 0 spiro atoms. The number of hydrogen-bond donors (Lipinski definition) is 0. The lowest BCUT2D eigenvalue weighted by atomic mass is 9.62. The third-order valence-corrected chi connectivity index (χ3v) is 4.21. The molecular formula is C13H27B3O5. The molecule has 2 fully saturated rings. The highest BCUT2D eigenvalue weighted by molar-refractivity contribution is 6.51. The zero-order valence-electron chi connectivity index (χ0n) is 13.7. The van der Waals surface area contributed by atoms with Crippen molar-refractivity contribution in [3.05, 3.63) is 0 Å². The van der Waals surface area contributed by atoms with Crippen molar-refractivity contribution in [3.63, 3.8) is 0 Å². The highest BCUT2D eigenvalue weighted by Gasteiger charge is 2.44. The fourth-order valence-corrected chi connectivity index (χ4v) is 2.85. The SMILES string of the molecule is CCB(CC)O[C@H]1COB(CC)O[C@H]1[C@H]1COB(CC)O1. The van der Waals surface area contributed by atoms with Crippen molar-refractivity contribution in [1.29, 1.82) is 0 Å². The molecule has 2 aliphatic heterocycles. The van der Waals surface area contributed by atoms with Crippen LogP contribution in [0.3, 0.4) is 0 Å². The van der Waals surface area contributed by atoms with Crippen LogP contribution in [-0.4, -0.2) is 52.7 Å². The van der Waals surface area contributed by atoms with Crippen LogP contribution in [-0.2, 0) is 23.3 Å². The second kappa shape index (κ2) is 8.58. The van der Waals surface area contributed by atoms with E-state index in [2.05, 4.69) is 27.7 Å². The fourth-order valence-electron chi connectivity index (χ4n) is 2.85. The molecular weight excluding hydrogens is 269 g/mol. The average Bonchev–Trinajstić information content (AvgIpc) is 3.01. The summed E-state index contributed by atoms with van der Waals surface area (Å²) in [7, 11) is -0.281. The third kappa shape index (κ3) is 4.49. The van der Waals surface area contributed by atoms with E-state index in [1.807, 2.05) is 0 Å². The Morgan fingerprint density at radius 3 is 2.14 bits per heavy atom. The van der Waals surface area contributed by atoms with E-state index in [0.29, 0.717) is 13.2 Å². The van der Waals surface area contributed by atoms with Crippen LogP contribution in [0.15, 0.2) is 0 Å². The number of hydrogen-bond acceptors (Lipinski definition) is 5. The molecule has 2 aliphatic rings. The molecule has 0 aromatic heterocycles. The molecule has 0 amide bonds. The number of rotatable bonds is 7. The summed E-state index contributed by atoms with van der Waals surface area (Å²) in [4.78, 5) is 0. The van der Waals surface area contributed by atoms with E-state index >= 15 is 0 Å². The predicted molar refractivity (Wildman–Crippen MR) is 85.7 cm³/mol. The maximum atomic E-state index is 6.19. The Bertz CT molecular complexity index is 306. The fraction of sp³-hybridized carbons (Fsp3) is 1.00. The maximum Gasteiger partial charge on any atom is 0.457 e. The summed E-state index contributed by atoms with van der Waals surface area (Å²) < 4.78 is 29.6. The van der Waals surface area contributed by atoms with Crippen molar-refractivity contribution in [1.82, 2.24) is 0 Å². The Morgan fingerprint density at radius 2 is 1.57 bits per heavy atom. The van der Waals surface area contributed by atoms with Gasteiger partial charge < -0.3 is 23.3 Å². The lowest BCUT2D eigenvalue weighted by Gasteiger charge is -2.39. The summed E-state index contributed by atoms with van der Waals surface area (Å²) in [5, 5.41) is 0. The molecule has 118 valence electrons. The van der Waals surface area contributed by atoms with E-state index in [1.165, 1.54) is 0 Å². The van der Waals surface area contributed by atoms with Crippen molar-refractivity contribution < 1.29 is 23.3 Å². The summed E-state index contributed by atoms with van der Waals surface area (Å²) in [5.74, 6) is 0. The highest BCUT2D eigenvalue weighted by Crippen LogP contribution is 2.26. The monoisotopic (exact) mass is 296 g/mol. The Kier molecular flexibility index (Phi) is 7.09. The Hall–Kier alpha value is -0.00519. The van der Waals surface area contributed by atoms with Gasteiger partial charge in [-0.2, -0.15) is 0 Å². The van der Waals surface area contributed by atoms with Gasteiger partial charge in [0.05, 0.1) is 31.5 Å². The first-order valence-corrected chi connectivity index (χ1v) is 8.41. The van der Waals surface area contributed by atoms with Gasteiger partial charge in [0.1, 0.15) is 0 Å².